The van der Waals surface area contributed by atoms with Crippen LogP contribution < -0.4 is 5.73 Å². The molecule has 1 heterocycles. The van der Waals surface area contributed by atoms with Crippen molar-refractivity contribution in [3.63, 3.8) is 0 Å². The molecule has 0 saturated carbocycles. The maximum atomic E-state index is 14.1. The Morgan fingerprint density at radius 1 is 1.24 bits per heavy atom. The summed E-state index contributed by atoms with van der Waals surface area (Å²) in [6.45, 7) is 1.80. The zero-order valence-corrected chi connectivity index (χ0v) is 12.7. The van der Waals surface area contributed by atoms with Crippen molar-refractivity contribution in [3.05, 3.63) is 52.3 Å². The number of nitrogen functional groups attached to an aromatic ring is 1. The molecule has 0 amide bonds. The van der Waals surface area contributed by atoms with Crippen LogP contribution in [0.4, 0.5) is 10.1 Å². The first kappa shape index (κ1) is 13.7. The van der Waals surface area contributed by atoms with E-state index in [4.69, 9.17) is 5.73 Å². The molecule has 7 heteroatoms. The van der Waals surface area contributed by atoms with Gasteiger partial charge in [-0.1, -0.05) is 28.1 Å². The Balaban J connectivity index is 2.22. The van der Waals surface area contributed by atoms with Gasteiger partial charge in [0.2, 0.25) is 0 Å². The van der Waals surface area contributed by atoms with Crippen molar-refractivity contribution in [1.29, 1.82) is 0 Å². The fourth-order valence-electron chi connectivity index (χ4n) is 2.15. The molecule has 0 bridgehead atoms. The fourth-order valence-corrected chi connectivity index (χ4v) is 2.66. The Hall–Kier alpha value is -2.28. The van der Waals surface area contributed by atoms with E-state index >= 15 is 0 Å². The lowest BCUT2D eigenvalue weighted by molar-refractivity contribution is 0.606. The normalized spacial score (nSPS) is 10.8. The maximum Gasteiger partial charge on any atom is 0.187 e. The quantitative estimate of drug-likeness (QED) is 0.723. The first-order valence-corrected chi connectivity index (χ1v) is 6.96. The van der Waals surface area contributed by atoms with Crippen LogP contribution in [-0.4, -0.2) is 20.2 Å². The van der Waals surface area contributed by atoms with Crippen molar-refractivity contribution < 1.29 is 4.39 Å². The van der Waals surface area contributed by atoms with Gasteiger partial charge in [-0.3, -0.25) is 0 Å². The standard InChI is InChI=1S/C14H11BrFN5/c1-8-3-2-4-12(16)13(8)21-14(18-19-20-21)9-5-10(15)7-11(17)6-9/h2-7H,17H2,1H3. The van der Waals surface area contributed by atoms with E-state index in [1.807, 2.05) is 6.07 Å². The molecule has 3 aromatic rings. The molecule has 0 saturated heterocycles. The van der Waals surface area contributed by atoms with Gasteiger partial charge in [-0.15, -0.1) is 5.10 Å². The van der Waals surface area contributed by atoms with Crippen LogP contribution in [0.1, 0.15) is 5.56 Å². The molecule has 106 valence electrons. The number of para-hydroxylation sites is 1. The first-order valence-electron chi connectivity index (χ1n) is 6.16. The zero-order valence-electron chi connectivity index (χ0n) is 11.1. The number of halogens is 2. The van der Waals surface area contributed by atoms with Gasteiger partial charge >= 0.3 is 0 Å². The molecule has 0 aliphatic carbocycles. The predicted octanol–water partition coefficient (Wildman–Crippen LogP) is 3.12. The molecule has 0 fully saturated rings. The van der Waals surface area contributed by atoms with Gasteiger partial charge in [0.15, 0.2) is 5.82 Å². The Kier molecular flexibility index (Phi) is 3.42. The fraction of sp³-hybridized carbons (Fsp3) is 0.0714. The number of hydrogen-bond acceptors (Lipinski definition) is 4. The van der Waals surface area contributed by atoms with E-state index in [1.165, 1.54) is 10.7 Å². The van der Waals surface area contributed by atoms with Gasteiger partial charge < -0.3 is 5.73 Å². The highest BCUT2D eigenvalue weighted by Gasteiger charge is 2.16. The number of anilines is 1. The minimum Gasteiger partial charge on any atom is -0.399 e. The van der Waals surface area contributed by atoms with Crippen molar-refractivity contribution in [2.75, 3.05) is 5.73 Å². The third-order valence-electron chi connectivity index (χ3n) is 3.05. The van der Waals surface area contributed by atoms with E-state index in [1.54, 1.807) is 31.2 Å². The molecular formula is C14H11BrFN5. The summed E-state index contributed by atoms with van der Waals surface area (Å²) in [6, 6.07) is 10.2. The van der Waals surface area contributed by atoms with Crippen LogP contribution >= 0.6 is 15.9 Å². The number of hydrogen-bond donors (Lipinski definition) is 1. The molecule has 0 spiro atoms. The number of nitrogens with zero attached hydrogens (tertiary/aromatic N) is 4. The van der Waals surface area contributed by atoms with Crippen molar-refractivity contribution >= 4 is 21.6 Å². The van der Waals surface area contributed by atoms with E-state index in [9.17, 15) is 4.39 Å². The monoisotopic (exact) mass is 347 g/mol. The summed E-state index contributed by atoms with van der Waals surface area (Å²) >= 11 is 3.38. The predicted molar refractivity (Wildman–Crippen MR) is 81.4 cm³/mol. The molecule has 2 aromatic carbocycles. The van der Waals surface area contributed by atoms with E-state index in [0.29, 0.717) is 22.8 Å². The van der Waals surface area contributed by atoms with Gasteiger partial charge in [0.05, 0.1) is 0 Å². The van der Waals surface area contributed by atoms with Crippen LogP contribution in [0.5, 0.6) is 0 Å². The average molecular weight is 348 g/mol. The number of rotatable bonds is 2. The molecule has 5 nitrogen and oxygen atoms in total. The summed E-state index contributed by atoms with van der Waals surface area (Å²) in [5, 5.41) is 11.5. The molecule has 0 radical (unpaired) electrons. The molecular weight excluding hydrogens is 337 g/mol. The lowest BCUT2D eigenvalue weighted by atomic mass is 10.1. The van der Waals surface area contributed by atoms with E-state index < -0.39 is 0 Å². The van der Waals surface area contributed by atoms with Gasteiger partial charge in [-0.2, -0.15) is 4.68 Å². The molecule has 1 aromatic heterocycles. The molecule has 21 heavy (non-hydrogen) atoms. The molecule has 0 aliphatic rings. The number of aromatic nitrogens is 4. The smallest absolute Gasteiger partial charge is 0.187 e. The lowest BCUT2D eigenvalue weighted by Crippen LogP contribution is -2.05. The van der Waals surface area contributed by atoms with E-state index in [2.05, 4.69) is 31.5 Å². The summed E-state index contributed by atoms with van der Waals surface area (Å²) in [6.07, 6.45) is 0. The van der Waals surface area contributed by atoms with Crippen molar-refractivity contribution in [3.8, 4) is 17.1 Å². The highest BCUT2D eigenvalue weighted by molar-refractivity contribution is 9.10. The van der Waals surface area contributed by atoms with Crippen LogP contribution in [0.2, 0.25) is 0 Å². The second-order valence-corrected chi connectivity index (χ2v) is 5.51. The maximum absolute atomic E-state index is 14.1. The third kappa shape index (κ3) is 2.52. The summed E-state index contributed by atoms with van der Waals surface area (Å²) in [4.78, 5) is 0. The van der Waals surface area contributed by atoms with E-state index in [0.717, 1.165) is 10.0 Å². The van der Waals surface area contributed by atoms with Crippen LogP contribution in [-0.2, 0) is 0 Å². The van der Waals surface area contributed by atoms with Crippen LogP contribution in [0.15, 0.2) is 40.9 Å². The van der Waals surface area contributed by atoms with Crippen molar-refractivity contribution in [1.82, 2.24) is 20.2 Å². The summed E-state index contributed by atoms with van der Waals surface area (Å²) in [5.41, 5.74) is 8.18. The number of nitrogens with two attached hydrogens (primary N) is 1. The molecule has 0 atom stereocenters. The van der Waals surface area contributed by atoms with Gasteiger partial charge in [0.1, 0.15) is 11.5 Å². The number of aryl methyl sites for hydroxylation is 1. The van der Waals surface area contributed by atoms with Crippen LogP contribution in [0, 0.1) is 12.7 Å². The van der Waals surface area contributed by atoms with Gasteiger partial charge in [-0.25, -0.2) is 4.39 Å². The minimum atomic E-state index is -0.383. The summed E-state index contributed by atoms with van der Waals surface area (Å²) in [5.74, 6) is 0.0442. The van der Waals surface area contributed by atoms with Gasteiger partial charge in [-0.05, 0) is 47.2 Å². The average Bonchev–Trinajstić information content (AvgIpc) is 2.86. The zero-order chi connectivity index (χ0) is 15.0. The summed E-state index contributed by atoms with van der Waals surface area (Å²) < 4.78 is 16.3. The molecule has 2 N–H and O–H groups in total. The van der Waals surface area contributed by atoms with E-state index in [-0.39, 0.29) is 5.82 Å². The van der Waals surface area contributed by atoms with Crippen LogP contribution in [0.25, 0.3) is 17.1 Å². The highest BCUT2D eigenvalue weighted by Crippen LogP contribution is 2.27. The molecule has 0 unspecified atom stereocenters. The van der Waals surface area contributed by atoms with Crippen molar-refractivity contribution in [2.45, 2.75) is 6.92 Å². The SMILES string of the molecule is Cc1cccc(F)c1-n1nnnc1-c1cc(N)cc(Br)c1. The third-order valence-corrected chi connectivity index (χ3v) is 3.51. The van der Waals surface area contributed by atoms with Gasteiger partial charge in [0.25, 0.3) is 0 Å². The van der Waals surface area contributed by atoms with Gasteiger partial charge in [0, 0.05) is 15.7 Å². The second kappa shape index (κ2) is 5.25. The minimum absolute atomic E-state index is 0.330. The highest BCUT2D eigenvalue weighted by atomic mass is 79.9. The topological polar surface area (TPSA) is 69.6 Å². The number of tetrazole rings is 1. The Morgan fingerprint density at radius 2 is 2.05 bits per heavy atom. The van der Waals surface area contributed by atoms with Crippen molar-refractivity contribution in [2.24, 2.45) is 0 Å². The molecule has 3 rings (SSSR count). The van der Waals surface area contributed by atoms with Crippen LogP contribution in [0.3, 0.4) is 0 Å². The Labute approximate surface area is 128 Å². The lowest BCUT2D eigenvalue weighted by Gasteiger charge is -2.09. The number of benzene rings is 2. The summed E-state index contributed by atoms with van der Waals surface area (Å²) in [7, 11) is 0. The second-order valence-electron chi connectivity index (χ2n) is 4.59. The largest absolute Gasteiger partial charge is 0.399 e. The Morgan fingerprint density at radius 3 is 2.76 bits per heavy atom. The first-order chi connectivity index (χ1) is 10.1. The molecule has 0 aliphatic heterocycles. The Bertz CT molecular complexity index is 774.